The Bertz CT molecular complexity index is 1160. The van der Waals surface area contributed by atoms with Crippen LogP contribution >= 0.6 is 11.6 Å². The van der Waals surface area contributed by atoms with Gasteiger partial charge < -0.3 is 24.3 Å². The maximum Gasteiger partial charge on any atom is 0.163 e. The molecule has 0 saturated carbocycles. The number of aromatic nitrogens is 2. The molecule has 1 aromatic heterocycles. The van der Waals surface area contributed by atoms with Crippen LogP contribution in [0, 0.1) is 5.82 Å². The molecule has 1 unspecified atom stereocenters. The number of morpholine rings is 1. The molecule has 2 aliphatic heterocycles. The molecule has 0 spiro atoms. The van der Waals surface area contributed by atoms with E-state index in [0.717, 1.165) is 51.1 Å². The average Bonchev–Trinajstić information content (AvgIpc) is 3.38. The van der Waals surface area contributed by atoms with Crippen LogP contribution in [0.1, 0.15) is 12.8 Å². The van der Waals surface area contributed by atoms with E-state index in [1.165, 1.54) is 18.5 Å². The number of rotatable bonds is 9. The highest BCUT2D eigenvalue weighted by atomic mass is 35.5. The summed E-state index contributed by atoms with van der Waals surface area (Å²) < 4.78 is 36.9. The number of hydrogen-bond donors (Lipinski definition) is 1. The van der Waals surface area contributed by atoms with Crippen molar-refractivity contribution in [3.05, 3.63) is 47.5 Å². The third-order valence-corrected chi connectivity index (χ3v) is 6.33. The average molecular weight is 503 g/mol. The minimum Gasteiger partial charge on any atom is -0.490 e. The van der Waals surface area contributed by atoms with Gasteiger partial charge in [-0.25, -0.2) is 14.4 Å². The van der Waals surface area contributed by atoms with Crippen molar-refractivity contribution in [3.63, 3.8) is 0 Å². The van der Waals surface area contributed by atoms with Crippen LogP contribution in [0.15, 0.2) is 36.7 Å². The molecule has 2 saturated heterocycles. The van der Waals surface area contributed by atoms with E-state index in [2.05, 4.69) is 20.2 Å². The highest BCUT2D eigenvalue weighted by molar-refractivity contribution is 6.31. The van der Waals surface area contributed by atoms with E-state index in [9.17, 15) is 4.39 Å². The molecule has 0 bridgehead atoms. The molecule has 35 heavy (non-hydrogen) atoms. The summed E-state index contributed by atoms with van der Waals surface area (Å²) in [4.78, 5) is 11.2. The second-order valence-electron chi connectivity index (χ2n) is 8.55. The highest BCUT2D eigenvalue weighted by Crippen LogP contribution is 2.36. The van der Waals surface area contributed by atoms with E-state index < -0.39 is 5.82 Å². The Morgan fingerprint density at radius 2 is 1.97 bits per heavy atom. The van der Waals surface area contributed by atoms with Crippen LogP contribution in [0.2, 0.25) is 5.02 Å². The van der Waals surface area contributed by atoms with E-state index in [4.69, 9.17) is 30.5 Å². The van der Waals surface area contributed by atoms with Crippen molar-refractivity contribution in [2.75, 3.05) is 58.0 Å². The van der Waals surface area contributed by atoms with Crippen molar-refractivity contribution in [1.29, 1.82) is 0 Å². The maximum absolute atomic E-state index is 13.6. The first-order valence-corrected chi connectivity index (χ1v) is 12.2. The highest BCUT2D eigenvalue weighted by Gasteiger charge is 2.21. The number of hydrogen-bond acceptors (Lipinski definition) is 8. The number of benzene rings is 2. The minimum atomic E-state index is -0.477. The standard InChI is InChI=1S/C25H28ClFN4O4/c26-20-12-17(2-3-21(20)27)30-25-19-13-24(35-18-4-9-33-15-18)23(14-22(19)28-16-29-25)34-8-1-5-31-6-10-32-11-7-31/h2-3,12-14,16,18H,1,4-11,15H2,(H,28,29,30). The van der Waals surface area contributed by atoms with E-state index in [-0.39, 0.29) is 11.1 Å². The SMILES string of the molecule is Fc1ccc(Nc2ncnc3cc(OCCCN4CCOCC4)c(OC4CCOC4)cc23)cc1Cl. The number of nitrogens with one attached hydrogen (secondary N) is 1. The fourth-order valence-electron chi connectivity index (χ4n) is 4.16. The van der Waals surface area contributed by atoms with Crippen molar-refractivity contribution in [3.8, 4) is 11.5 Å². The van der Waals surface area contributed by atoms with Gasteiger partial charge in [-0.15, -0.1) is 0 Å². The van der Waals surface area contributed by atoms with Crippen LogP contribution in [0.5, 0.6) is 11.5 Å². The first-order valence-electron chi connectivity index (χ1n) is 11.8. The van der Waals surface area contributed by atoms with Gasteiger partial charge in [-0.3, -0.25) is 4.90 Å². The maximum atomic E-state index is 13.6. The predicted octanol–water partition coefficient (Wildman–Crippen LogP) is 4.43. The monoisotopic (exact) mass is 502 g/mol. The summed E-state index contributed by atoms with van der Waals surface area (Å²) in [5, 5.41) is 3.99. The molecule has 1 atom stereocenters. The lowest BCUT2D eigenvalue weighted by molar-refractivity contribution is 0.0357. The smallest absolute Gasteiger partial charge is 0.163 e. The Balaban J connectivity index is 1.36. The zero-order valence-electron chi connectivity index (χ0n) is 19.3. The van der Waals surface area contributed by atoms with Gasteiger partial charge in [-0.2, -0.15) is 0 Å². The number of ether oxygens (including phenoxy) is 4. The zero-order valence-corrected chi connectivity index (χ0v) is 20.1. The predicted molar refractivity (Wildman–Crippen MR) is 131 cm³/mol. The molecular formula is C25H28ClFN4O4. The number of nitrogens with zero attached hydrogens (tertiary/aromatic N) is 3. The number of fused-ring (bicyclic) bond motifs is 1. The molecule has 8 nitrogen and oxygen atoms in total. The molecule has 2 aliphatic rings. The molecule has 186 valence electrons. The van der Waals surface area contributed by atoms with Crippen LogP contribution in [0.3, 0.4) is 0 Å². The van der Waals surface area contributed by atoms with Crippen molar-refractivity contribution in [2.24, 2.45) is 0 Å². The first kappa shape index (κ1) is 24.0. The molecule has 0 radical (unpaired) electrons. The van der Waals surface area contributed by atoms with Gasteiger partial charge >= 0.3 is 0 Å². The van der Waals surface area contributed by atoms with Crippen LogP contribution < -0.4 is 14.8 Å². The van der Waals surface area contributed by atoms with E-state index in [1.54, 1.807) is 6.07 Å². The summed E-state index contributed by atoms with van der Waals surface area (Å²) in [7, 11) is 0. The Kier molecular flexibility index (Phi) is 7.78. The van der Waals surface area contributed by atoms with E-state index in [0.29, 0.717) is 48.3 Å². The first-order chi connectivity index (χ1) is 17.2. The Morgan fingerprint density at radius 1 is 1.09 bits per heavy atom. The molecule has 3 heterocycles. The van der Waals surface area contributed by atoms with Gasteiger partial charge in [0, 0.05) is 43.2 Å². The van der Waals surface area contributed by atoms with Crippen molar-refractivity contribution < 1.29 is 23.3 Å². The molecule has 5 rings (SSSR count). The van der Waals surface area contributed by atoms with Gasteiger partial charge in [0.05, 0.1) is 43.6 Å². The van der Waals surface area contributed by atoms with Crippen LogP contribution in [0.25, 0.3) is 10.9 Å². The molecular weight excluding hydrogens is 475 g/mol. The lowest BCUT2D eigenvalue weighted by Crippen LogP contribution is -2.37. The molecule has 10 heteroatoms. The summed E-state index contributed by atoms with van der Waals surface area (Å²) in [6, 6.07) is 8.20. The molecule has 2 fully saturated rings. The molecule has 0 aliphatic carbocycles. The fourth-order valence-corrected chi connectivity index (χ4v) is 4.34. The normalized spacial score (nSPS) is 18.6. The van der Waals surface area contributed by atoms with Gasteiger partial charge in [-0.05, 0) is 30.7 Å². The number of anilines is 2. The summed E-state index contributed by atoms with van der Waals surface area (Å²) in [6.45, 7) is 6.22. The Morgan fingerprint density at radius 3 is 2.77 bits per heavy atom. The summed E-state index contributed by atoms with van der Waals surface area (Å²) in [6.07, 6.45) is 3.15. The van der Waals surface area contributed by atoms with Gasteiger partial charge in [0.15, 0.2) is 11.5 Å². The van der Waals surface area contributed by atoms with E-state index >= 15 is 0 Å². The lowest BCUT2D eigenvalue weighted by atomic mass is 10.2. The molecule has 2 aromatic carbocycles. The third-order valence-electron chi connectivity index (χ3n) is 6.04. The summed E-state index contributed by atoms with van der Waals surface area (Å²) >= 11 is 5.94. The van der Waals surface area contributed by atoms with Crippen molar-refractivity contribution in [1.82, 2.24) is 14.9 Å². The third kappa shape index (κ3) is 6.10. The zero-order chi connectivity index (χ0) is 24.0. The van der Waals surface area contributed by atoms with Crippen LogP contribution in [-0.4, -0.2) is 73.6 Å². The Hall–Kier alpha value is -2.72. The topological polar surface area (TPSA) is 78.0 Å². The second kappa shape index (κ2) is 11.3. The van der Waals surface area contributed by atoms with Gasteiger partial charge in [-0.1, -0.05) is 11.6 Å². The summed E-state index contributed by atoms with van der Waals surface area (Å²) in [5.41, 5.74) is 1.32. The largest absolute Gasteiger partial charge is 0.490 e. The molecule has 1 N–H and O–H groups in total. The minimum absolute atomic E-state index is 0.0337. The lowest BCUT2D eigenvalue weighted by Gasteiger charge is -2.26. The Labute approximate surface area is 208 Å². The number of halogens is 2. The van der Waals surface area contributed by atoms with E-state index in [1.807, 2.05) is 12.1 Å². The van der Waals surface area contributed by atoms with Gasteiger partial charge in [0.25, 0.3) is 0 Å². The van der Waals surface area contributed by atoms with Crippen molar-refractivity contribution >= 4 is 34.0 Å². The molecule has 0 amide bonds. The van der Waals surface area contributed by atoms with Gasteiger partial charge in [0.1, 0.15) is 24.1 Å². The summed E-state index contributed by atoms with van der Waals surface area (Å²) in [5.74, 6) is 1.34. The van der Waals surface area contributed by atoms with Crippen LogP contribution in [0.4, 0.5) is 15.9 Å². The quantitative estimate of drug-likeness (QED) is 0.430. The fraction of sp³-hybridized carbons (Fsp3) is 0.440. The van der Waals surface area contributed by atoms with Crippen molar-refractivity contribution in [2.45, 2.75) is 18.9 Å². The second-order valence-corrected chi connectivity index (χ2v) is 8.96. The molecule has 3 aromatic rings. The van der Waals surface area contributed by atoms with Crippen LogP contribution in [-0.2, 0) is 9.47 Å². The van der Waals surface area contributed by atoms with Gasteiger partial charge in [0.2, 0.25) is 0 Å².